The van der Waals surface area contributed by atoms with Crippen molar-refractivity contribution in [3.63, 3.8) is 0 Å². The van der Waals surface area contributed by atoms with E-state index >= 15 is 0 Å². The number of aryl methyl sites for hydroxylation is 2. The summed E-state index contributed by atoms with van der Waals surface area (Å²) in [6.45, 7) is 2.86. The third-order valence-corrected chi connectivity index (χ3v) is 5.04. The first kappa shape index (κ1) is 14.8. The minimum atomic E-state index is 0.709. The summed E-state index contributed by atoms with van der Waals surface area (Å²) in [6, 6.07) is 10.3. The van der Waals surface area contributed by atoms with E-state index < -0.39 is 0 Å². The predicted molar refractivity (Wildman–Crippen MR) is 93.1 cm³/mol. The number of rotatable bonds is 5. The van der Waals surface area contributed by atoms with Crippen molar-refractivity contribution in [1.29, 1.82) is 5.26 Å². The van der Waals surface area contributed by atoms with Crippen LogP contribution in [0.1, 0.15) is 29.5 Å². The van der Waals surface area contributed by atoms with Gasteiger partial charge in [-0.25, -0.2) is 0 Å². The second-order valence-corrected chi connectivity index (χ2v) is 6.45. The molecule has 0 unspecified atom stereocenters. The maximum absolute atomic E-state index is 9.16. The Morgan fingerprint density at radius 3 is 2.82 bits per heavy atom. The first-order chi connectivity index (χ1) is 10.7. The molecule has 0 aliphatic carbocycles. The van der Waals surface area contributed by atoms with Crippen LogP contribution in [-0.4, -0.2) is 11.5 Å². The molecule has 0 saturated carbocycles. The predicted octanol–water partition coefficient (Wildman–Crippen LogP) is 4.36. The Balaban J connectivity index is 2.15. The fourth-order valence-corrected chi connectivity index (χ4v) is 3.80. The molecular formula is C18H19N3S. The number of benzene rings is 1. The summed E-state index contributed by atoms with van der Waals surface area (Å²) in [5.74, 6) is 0. The third kappa shape index (κ3) is 2.66. The number of unbranched alkanes of at least 4 members (excludes halogenated alkanes) is 1. The molecule has 3 aromatic rings. The van der Waals surface area contributed by atoms with Crippen LogP contribution in [0, 0.1) is 18.3 Å². The molecule has 3 nitrogen and oxygen atoms in total. The van der Waals surface area contributed by atoms with Crippen molar-refractivity contribution in [3.8, 4) is 16.6 Å². The molecule has 0 radical (unpaired) electrons. The van der Waals surface area contributed by atoms with Gasteiger partial charge in [0.1, 0.15) is 0 Å². The second-order valence-electron chi connectivity index (χ2n) is 5.53. The number of nitrogens with zero attached hydrogens (tertiary/aromatic N) is 1. The summed E-state index contributed by atoms with van der Waals surface area (Å²) in [5.41, 5.74) is 11.2. The van der Waals surface area contributed by atoms with Crippen LogP contribution in [-0.2, 0) is 6.42 Å². The second kappa shape index (κ2) is 6.35. The van der Waals surface area contributed by atoms with Gasteiger partial charge in [-0.3, -0.25) is 0 Å². The summed E-state index contributed by atoms with van der Waals surface area (Å²) in [7, 11) is 0. The maximum Gasteiger partial charge on any atom is 0.0991 e. The van der Waals surface area contributed by atoms with Crippen LogP contribution in [0.15, 0.2) is 29.6 Å². The molecular weight excluding hydrogens is 290 g/mol. The van der Waals surface area contributed by atoms with Crippen molar-refractivity contribution < 1.29 is 0 Å². The van der Waals surface area contributed by atoms with E-state index in [1.165, 1.54) is 27.1 Å². The van der Waals surface area contributed by atoms with Gasteiger partial charge in [0, 0.05) is 10.9 Å². The monoisotopic (exact) mass is 309 g/mol. The lowest BCUT2D eigenvalue weighted by Gasteiger charge is -2.04. The number of thiophene rings is 1. The fraction of sp³-hybridized carbons (Fsp3) is 0.278. The van der Waals surface area contributed by atoms with E-state index in [1.807, 2.05) is 18.2 Å². The van der Waals surface area contributed by atoms with E-state index in [1.54, 1.807) is 11.3 Å². The average Bonchev–Trinajstić information content (AvgIpc) is 3.10. The number of nitrogens with two attached hydrogens (primary N) is 1. The molecule has 3 rings (SSSR count). The van der Waals surface area contributed by atoms with E-state index in [0.717, 1.165) is 31.3 Å². The Labute approximate surface area is 134 Å². The van der Waals surface area contributed by atoms with Crippen molar-refractivity contribution >= 4 is 22.2 Å². The van der Waals surface area contributed by atoms with Crippen molar-refractivity contribution in [2.75, 3.05) is 6.54 Å². The Kier molecular flexibility index (Phi) is 4.28. The fourth-order valence-electron chi connectivity index (χ4n) is 2.85. The zero-order valence-corrected chi connectivity index (χ0v) is 13.5. The van der Waals surface area contributed by atoms with Gasteiger partial charge in [0.15, 0.2) is 0 Å². The van der Waals surface area contributed by atoms with Gasteiger partial charge >= 0.3 is 0 Å². The summed E-state index contributed by atoms with van der Waals surface area (Å²) in [5, 5.41) is 12.5. The molecule has 4 heteroatoms. The number of aromatic amines is 1. The average molecular weight is 309 g/mol. The highest BCUT2D eigenvalue weighted by molar-refractivity contribution is 7.13. The van der Waals surface area contributed by atoms with Crippen molar-refractivity contribution in [2.24, 2.45) is 5.73 Å². The van der Waals surface area contributed by atoms with Gasteiger partial charge in [-0.15, -0.1) is 11.3 Å². The standard InChI is InChI=1S/C18H19N3S/c1-12-7-9-22-18(12)17-14(4-2-3-8-19)15-10-13(11-20)5-6-16(15)21-17/h5-7,9-10,21H,2-4,8,19H2,1H3. The quantitative estimate of drug-likeness (QED) is 0.688. The van der Waals surface area contributed by atoms with Crippen LogP contribution in [0.25, 0.3) is 21.5 Å². The van der Waals surface area contributed by atoms with Crippen LogP contribution in [0.2, 0.25) is 0 Å². The molecule has 0 amide bonds. The molecule has 2 heterocycles. The van der Waals surface area contributed by atoms with Gasteiger partial charge in [0.2, 0.25) is 0 Å². The Morgan fingerprint density at radius 1 is 1.27 bits per heavy atom. The third-order valence-electron chi connectivity index (χ3n) is 4.01. The highest BCUT2D eigenvalue weighted by Gasteiger charge is 2.15. The largest absolute Gasteiger partial charge is 0.354 e. The van der Waals surface area contributed by atoms with E-state index in [4.69, 9.17) is 11.0 Å². The Bertz CT molecular complexity index is 836. The molecule has 22 heavy (non-hydrogen) atoms. The summed E-state index contributed by atoms with van der Waals surface area (Å²) >= 11 is 1.76. The van der Waals surface area contributed by atoms with Gasteiger partial charge in [-0.1, -0.05) is 0 Å². The van der Waals surface area contributed by atoms with E-state index in [2.05, 4.69) is 29.4 Å². The van der Waals surface area contributed by atoms with Crippen LogP contribution in [0.4, 0.5) is 0 Å². The lowest BCUT2D eigenvalue weighted by molar-refractivity contribution is 0.748. The number of nitrogens with one attached hydrogen (secondary N) is 1. The van der Waals surface area contributed by atoms with Crippen LogP contribution in [0.5, 0.6) is 0 Å². The van der Waals surface area contributed by atoms with Crippen molar-refractivity contribution in [1.82, 2.24) is 4.98 Å². The number of aromatic nitrogens is 1. The normalized spacial score (nSPS) is 11.0. The minimum Gasteiger partial charge on any atom is -0.354 e. The number of fused-ring (bicyclic) bond motifs is 1. The molecule has 112 valence electrons. The molecule has 0 aliphatic rings. The lowest BCUT2D eigenvalue weighted by atomic mass is 10.0. The maximum atomic E-state index is 9.16. The van der Waals surface area contributed by atoms with Gasteiger partial charge in [-0.05, 0) is 73.5 Å². The SMILES string of the molecule is Cc1ccsc1-c1[nH]c2ccc(C#N)cc2c1CCCCN. The molecule has 0 aliphatic heterocycles. The number of hydrogen-bond donors (Lipinski definition) is 2. The van der Waals surface area contributed by atoms with Gasteiger partial charge < -0.3 is 10.7 Å². The smallest absolute Gasteiger partial charge is 0.0991 e. The van der Waals surface area contributed by atoms with Gasteiger partial charge in [0.05, 0.1) is 22.2 Å². The molecule has 2 aromatic heterocycles. The molecule has 0 saturated heterocycles. The van der Waals surface area contributed by atoms with E-state index in [-0.39, 0.29) is 0 Å². The summed E-state index contributed by atoms with van der Waals surface area (Å²) in [4.78, 5) is 4.84. The number of H-pyrrole nitrogens is 1. The molecule has 1 aromatic carbocycles. The summed E-state index contributed by atoms with van der Waals surface area (Å²) < 4.78 is 0. The van der Waals surface area contributed by atoms with E-state index in [9.17, 15) is 0 Å². The Hall–Kier alpha value is -2.09. The van der Waals surface area contributed by atoms with Gasteiger partial charge in [0.25, 0.3) is 0 Å². The van der Waals surface area contributed by atoms with Crippen LogP contribution in [0.3, 0.4) is 0 Å². The molecule has 0 spiro atoms. The molecule has 0 bridgehead atoms. The summed E-state index contributed by atoms with van der Waals surface area (Å²) in [6.07, 6.45) is 3.07. The highest BCUT2D eigenvalue weighted by atomic mass is 32.1. The molecule has 0 atom stereocenters. The van der Waals surface area contributed by atoms with Crippen LogP contribution >= 0.6 is 11.3 Å². The molecule has 3 N–H and O–H groups in total. The first-order valence-electron chi connectivity index (χ1n) is 7.54. The van der Waals surface area contributed by atoms with Crippen LogP contribution < -0.4 is 5.73 Å². The first-order valence-corrected chi connectivity index (χ1v) is 8.41. The Morgan fingerprint density at radius 2 is 2.14 bits per heavy atom. The number of nitriles is 1. The molecule has 0 fully saturated rings. The zero-order chi connectivity index (χ0) is 15.5. The highest BCUT2D eigenvalue weighted by Crippen LogP contribution is 2.36. The lowest BCUT2D eigenvalue weighted by Crippen LogP contribution is -1.99. The van der Waals surface area contributed by atoms with Gasteiger partial charge in [-0.2, -0.15) is 5.26 Å². The zero-order valence-electron chi connectivity index (χ0n) is 12.6. The van der Waals surface area contributed by atoms with Crippen molar-refractivity contribution in [2.45, 2.75) is 26.2 Å². The number of hydrogen-bond acceptors (Lipinski definition) is 3. The van der Waals surface area contributed by atoms with E-state index in [0.29, 0.717) is 5.56 Å². The topological polar surface area (TPSA) is 65.6 Å². The minimum absolute atomic E-state index is 0.709. The van der Waals surface area contributed by atoms with Crippen molar-refractivity contribution in [3.05, 3.63) is 46.3 Å².